The van der Waals surface area contributed by atoms with Crippen LogP contribution >= 0.6 is 11.3 Å². The van der Waals surface area contributed by atoms with Crippen molar-refractivity contribution in [2.24, 2.45) is 0 Å². The van der Waals surface area contributed by atoms with Crippen LogP contribution in [-0.2, 0) is 30.9 Å². The van der Waals surface area contributed by atoms with E-state index in [0.29, 0.717) is 53.0 Å². The van der Waals surface area contributed by atoms with Crippen LogP contribution in [0.2, 0.25) is 0 Å². The number of nitrogens with one attached hydrogen (secondary N) is 1. The lowest BCUT2D eigenvalue weighted by Crippen LogP contribution is -2.33. The van der Waals surface area contributed by atoms with Gasteiger partial charge in [0.15, 0.2) is 5.13 Å². The lowest BCUT2D eigenvalue weighted by Gasteiger charge is -2.31. The molecular weight excluding hydrogens is 584 g/mol. The van der Waals surface area contributed by atoms with Crippen LogP contribution in [0.15, 0.2) is 84.9 Å². The number of fused-ring (bicyclic) bond motifs is 2. The Kier molecular flexibility index (Phi) is 7.66. The molecule has 0 atom stereocenters. The van der Waals surface area contributed by atoms with Gasteiger partial charge in [0.2, 0.25) is 0 Å². The van der Waals surface area contributed by atoms with E-state index in [9.17, 15) is 14.7 Å². The van der Waals surface area contributed by atoms with Crippen LogP contribution in [0.25, 0.3) is 21.3 Å². The molecule has 0 fully saturated rings. The zero-order valence-electron chi connectivity index (χ0n) is 24.5. The van der Waals surface area contributed by atoms with Crippen LogP contribution < -0.4 is 10.2 Å². The van der Waals surface area contributed by atoms with Crippen molar-refractivity contribution in [3.8, 4) is 11.1 Å². The number of aliphatic hydroxyl groups excluding tert-OH is 1. The highest BCUT2D eigenvalue weighted by molar-refractivity contribution is 7.22. The molecule has 6 aromatic rings. The largest absolute Gasteiger partial charge is 0.390 e. The molecular formula is C35H29N6O3S. The Morgan fingerprint density at radius 1 is 1.00 bits per heavy atom. The molecule has 1 radical (unpaired) electrons. The Hall–Kier alpha value is -5.19. The quantitative estimate of drug-likeness (QED) is 0.227. The standard InChI is InChI=1S/C35H29N6O3S/c1-22-33(30(21-43)39-41(22)18-23-8-3-2-4-9-23)26-14-15-32(36-29(26)20-42)40-17-16-24-10-7-11-25(27(24)19-40)34(44)38-35-37-28-12-5-6-13-31(28)45-35/h2-15,43H,16-19,21H2,1H3,(H,37,38,44). The van der Waals surface area contributed by atoms with Crippen molar-refractivity contribution in [3.63, 3.8) is 0 Å². The molecule has 7 rings (SSSR count). The third-order valence-corrected chi connectivity index (χ3v) is 9.16. The van der Waals surface area contributed by atoms with Crippen LogP contribution in [0.1, 0.15) is 44.1 Å². The van der Waals surface area contributed by atoms with Crippen LogP contribution in [-0.4, -0.2) is 43.6 Å². The Bertz CT molecular complexity index is 2020. The number of rotatable bonds is 8. The number of thiazole rings is 1. The first-order chi connectivity index (χ1) is 22.0. The minimum atomic E-state index is -0.275. The van der Waals surface area contributed by atoms with Gasteiger partial charge in [-0.3, -0.25) is 19.6 Å². The second kappa shape index (κ2) is 12.1. The minimum absolute atomic E-state index is 0.150. The van der Waals surface area contributed by atoms with E-state index < -0.39 is 0 Å². The minimum Gasteiger partial charge on any atom is -0.390 e. The summed E-state index contributed by atoms with van der Waals surface area (Å²) in [6.07, 6.45) is 2.75. The number of pyridine rings is 1. The average molecular weight is 614 g/mol. The molecule has 2 N–H and O–H groups in total. The number of hydrogen-bond acceptors (Lipinski definition) is 8. The zero-order valence-corrected chi connectivity index (χ0v) is 25.3. The maximum atomic E-state index is 13.5. The SMILES string of the molecule is Cc1c(-c2ccc(N3CCc4cccc(C(=O)Nc5nc6ccccc6s5)c4C3)nc2[C]=O)c(CO)nn1Cc1ccccc1. The van der Waals surface area contributed by atoms with Gasteiger partial charge in [-0.15, -0.1) is 0 Å². The maximum absolute atomic E-state index is 13.5. The molecule has 1 aliphatic heterocycles. The molecule has 0 unspecified atom stereocenters. The smallest absolute Gasteiger partial charge is 0.257 e. The molecule has 0 aliphatic carbocycles. The van der Waals surface area contributed by atoms with E-state index in [-0.39, 0.29) is 18.2 Å². The summed E-state index contributed by atoms with van der Waals surface area (Å²) >= 11 is 1.44. The number of nitrogens with zero attached hydrogens (tertiary/aromatic N) is 5. The number of aliphatic hydroxyl groups is 1. The Balaban J connectivity index is 1.16. The summed E-state index contributed by atoms with van der Waals surface area (Å²) in [4.78, 5) is 37.1. The van der Waals surface area contributed by atoms with Gasteiger partial charge in [-0.1, -0.05) is 65.9 Å². The highest BCUT2D eigenvalue weighted by Gasteiger charge is 2.25. The van der Waals surface area contributed by atoms with Gasteiger partial charge in [0.05, 0.1) is 29.1 Å². The number of para-hydroxylation sites is 1. The molecule has 0 saturated carbocycles. The fourth-order valence-electron chi connectivity index (χ4n) is 5.96. The Labute approximate surface area is 263 Å². The molecule has 0 saturated heterocycles. The number of benzene rings is 3. The summed E-state index contributed by atoms with van der Waals surface area (Å²) < 4.78 is 2.84. The Morgan fingerprint density at radius 2 is 1.82 bits per heavy atom. The molecule has 1 aliphatic rings. The third-order valence-electron chi connectivity index (χ3n) is 8.21. The van der Waals surface area contributed by atoms with Gasteiger partial charge in [0.1, 0.15) is 11.5 Å². The van der Waals surface area contributed by atoms with Crippen molar-refractivity contribution in [1.29, 1.82) is 0 Å². The molecule has 0 spiro atoms. The predicted molar refractivity (Wildman–Crippen MR) is 175 cm³/mol. The molecule has 1 amide bonds. The normalized spacial score (nSPS) is 12.7. The molecule has 4 heterocycles. The first-order valence-corrected chi connectivity index (χ1v) is 15.5. The topological polar surface area (TPSA) is 113 Å². The molecule has 9 nitrogen and oxygen atoms in total. The number of anilines is 2. The van der Waals surface area contributed by atoms with E-state index >= 15 is 0 Å². The molecule has 223 valence electrons. The van der Waals surface area contributed by atoms with Gasteiger partial charge >= 0.3 is 0 Å². The number of carbonyl (C=O) groups is 1. The van der Waals surface area contributed by atoms with Crippen LogP contribution in [0.4, 0.5) is 10.9 Å². The first-order valence-electron chi connectivity index (χ1n) is 14.7. The molecule has 10 heteroatoms. The van der Waals surface area contributed by atoms with Crippen molar-refractivity contribution in [2.75, 3.05) is 16.8 Å². The van der Waals surface area contributed by atoms with Gasteiger partial charge in [-0.2, -0.15) is 5.10 Å². The highest BCUT2D eigenvalue weighted by atomic mass is 32.1. The molecule has 45 heavy (non-hydrogen) atoms. The summed E-state index contributed by atoms with van der Waals surface area (Å²) in [5.41, 5.74) is 7.25. The third kappa shape index (κ3) is 5.50. The van der Waals surface area contributed by atoms with E-state index in [2.05, 4.69) is 26.4 Å². The van der Waals surface area contributed by atoms with Gasteiger partial charge in [0, 0.05) is 35.5 Å². The summed E-state index contributed by atoms with van der Waals surface area (Å²) in [6.45, 7) is 3.32. The van der Waals surface area contributed by atoms with Crippen LogP contribution in [0.3, 0.4) is 0 Å². The van der Waals surface area contributed by atoms with Crippen molar-refractivity contribution in [3.05, 3.63) is 124 Å². The van der Waals surface area contributed by atoms with Crippen molar-refractivity contribution < 1.29 is 14.7 Å². The molecule has 0 bridgehead atoms. The van der Waals surface area contributed by atoms with E-state index in [1.807, 2.05) is 96.8 Å². The number of carbonyl (C=O) groups excluding carboxylic acids is 2. The summed E-state index contributed by atoms with van der Waals surface area (Å²) in [5.74, 6) is 0.404. The van der Waals surface area contributed by atoms with Gasteiger partial charge < -0.3 is 10.0 Å². The average Bonchev–Trinajstić information content (AvgIpc) is 3.63. The fourth-order valence-corrected chi connectivity index (χ4v) is 6.82. The predicted octanol–water partition coefficient (Wildman–Crippen LogP) is 5.68. The van der Waals surface area contributed by atoms with Gasteiger partial charge in [0.25, 0.3) is 12.2 Å². The second-order valence-electron chi connectivity index (χ2n) is 10.9. The van der Waals surface area contributed by atoms with E-state index in [1.54, 1.807) is 0 Å². The van der Waals surface area contributed by atoms with Gasteiger partial charge in [-0.25, -0.2) is 9.97 Å². The van der Waals surface area contributed by atoms with E-state index in [0.717, 1.165) is 39.0 Å². The van der Waals surface area contributed by atoms with Crippen LogP contribution in [0.5, 0.6) is 0 Å². The van der Waals surface area contributed by atoms with Gasteiger partial charge in [-0.05, 0) is 60.4 Å². The Morgan fingerprint density at radius 3 is 2.62 bits per heavy atom. The zero-order chi connectivity index (χ0) is 30.9. The number of amides is 1. The highest BCUT2D eigenvalue weighted by Crippen LogP contribution is 2.33. The van der Waals surface area contributed by atoms with Crippen molar-refractivity contribution in [2.45, 2.75) is 33.0 Å². The summed E-state index contributed by atoms with van der Waals surface area (Å²) in [7, 11) is 0. The number of hydrogen-bond donors (Lipinski definition) is 2. The second-order valence-corrected chi connectivity index (χ2v) is 12.0. The summed E-state index contributed by atoms with van der Waals surface area (Å²) in [5, 5.41) is 18.3. The fraction of sp³-hybridized carbons (Fsp3) is 0.171. The van der Waals surface area contributed by atoms with E-state index in [1.165, 1.54) is 11.3 Å². The lowest BCUT2D eigenvalue weighted by molar-refractivity contribution is 0.102. The number of aromatic nitrogens is 4. The molecule has 3 aromatic carbocycles. The summed E-state index contributed by atoms with van der Waals surface area (Å²) in [6, 6.07) is 27.3. The maximum Gasteiger partial charge on any atom is 0.257 e. The monoisotopic (exact) mass is 613 g/mol. The van der Waals surface area contributed by atoms with E-state index in [4.69, 9.17) is 4.98 Å². The van der Waals surface area contributed by atoms with Crippen molar-refractivity contribution in [1.82, 2.24) is 19.7 Å². The lowest BCUT2D eigenvalue weighted by atomic mass is 9.94. The molecule has 3 aromatic heterocycles. The first kappa shape index (κ1) is 28.6. The van der Waals surface area contributed by atoms with Crippen LogP contribution in [0, 0.1) is 6.92 Å². The van der Waals surface area contributed by atoms with Crippen molar-refractivity contribution >= 4 is 44.7 Å².